The number of aliphatic hydroxyl groups is 1. The van der Waals surface area contributed by atoms with Gasteiger partial charge in [-0.1, -0.05) is 73.3 Å². The summed E-state index contributed by atoms with van der Waals surface area (Å²) in [4.78, 5) is 15.6. The average molecular weight is 385 g/mol. The summed E-state index contributed by atoms with van der Waals surface area (Å²) in [5.41, 5.74) is 7.91. The van der Waals surface area contributed by atoms with E-state index in [4.69, 9.17) is 17.3 Å². The van der Waals surface area contributed by atoms with Gasteiger partial charge in [-0.25, -0.2) is 0 Å². The molecule has 3 N–H and O–H groups in total. The van der Waals surface area contributed by atoms with E-state index in [1.807, 2.05) is 48.5 Å². The Morgan fingerprint density at radius 2 is 1.78 bits per heavy atom. The molecule has 5 heteroatoms. The van der Waals surface area contributed by atoms with Crippen molar-refractivity contribution in [3.8, 4) is 0 Å². The number of halogens is 1. The van der Waals surface area contributed by atoms with Gasteiger partial charge in [0.2, 0.25) is 5.91 Å². The highest BCUT2D eigenvalue weighted by Crippen LogP contribution is 2.54. The number of benzene rings is 2. The third-order valence-electron chi connectivity index (χ3n) is 6.10. The Morgan fingerprint density at radius 3 is 2.44 bits per heavy atom. The summed E-state index contributed by atoms with van der Waals surface area (Å²) in [6.45, 7) is 0.0656. The Labute approximate surface area is 164 Å². The first-order chi connectivity index (χ1) is 13.1. The van der Waals surface area contributed by atoms with Crippen molar-refractivity contribution in [3.63, 3.8) is 0 Å². The lowest BCUT2D eigenvalue weighted by Crippen LogP contribution is -2.47. The number of nitrogens with two attached hydrogens (primary N) is 1. The molecule has 0 saturated heterocycles. The molecule has 0 bridgehead atoms. The van der Waals surface area contributed by atoms with Gasteiger partial charge in [0.05, 0.1) is 28.3 Å². The van der Waals surface area contributed by atoms with E-state index in [1.54, 1.807) is 4.90 Å². The van der Waals surface area contributed by atoms with E-state index in [-0.39, 0.29) is 12.5 Å². The summed E-state index contributed by atoms with van der Waals surface area (Å²) < 4.78 is 0. The minimum Gasteiger partial charge on any atom is -0.389 e. The lowest BCUT2D eigenvalue weighted by Gasteiger charge is -2.36. The topological polar surface area (TPSA) is 66.6 Å². The van der Waals surface area contributed by atoms with Crippen molar-refractivity contribution in [2.45, 2.75) is 49.7 Å². The van der Waals surface area contributed by atoms with Crippen LogP contribution in [0.2, 0.25) is 5.02 Å². The van der Waals surface area contributed by atoms with E-state index in [0.29, 0.717) is 5.02 Å². The third kappa shape index (κ3) is 2.87. The summed E-state index contributed by atoms with van der Waals surface area (Å²) in [5.74, 6) is 0.0478. The molecule has 0 aromatic heterocycles. The fourth-order valence-corrected chi connectivity index (χ4v) is 5.09. The standard InChI is InChI=1S/C22H25ClN2O2/c23-17-11-7-10-16-20(17)25(21(27)22(16)12-5-2-6-13-22)19(18(26)14-24)15-8-3-1-4-9-15/h1,3-4,7-11,18-19,26H,2,5-6,12-14,24H2/t18-,19+/m1/s1. The molecule has 1 aliphatic carbocycles. The Morgan fingerprint density at radius 1 is 1.07 bits per heavy atom. The molecule has 1 fully saturated rings. The normalized spacial score (nSPS) is 20.6. The average Bonchev–Trinajstić information content (AvgIpc) is 2.94. The van der Waals surface area contributed by atoms with Crippen molar-refractivity contribution < 1.29 is 9.90 Å². The van der Waals surface area contributed by atoms with Gasteiger partial charge in [-0.3, -0.25) is 9.69 Å². The van der Waals surface area contributed by atoms with Gasteiger partial charge in [-0.15, -0.1) is 0 Å². The number of amides is 1. The van der Waals surface area contributed by atoms with E-state index in [0.717, 1.165) is 48.9 Å². The van der Waals surface area contributed by atoms with Crippen LogP contribution in [0, 0.1) is 0 Å². The van der Waals surface area contributed by atoms with Gasteiger partial charge in [-0.2, -0.15) is 0 Å². The predicted molar refractivity (Wildman–Crippen MR) is 108 cm³/mol. The van der Waals surface area contributed by atoms with Gasteiger partial charge in [0.1, 0.15) is 0 Å². The second-order valence-corrected chi connectivity index (χ2v) is 8.02. The second kappa shape index (κ2) is 7.27. The number of nitrogens with zero attached hydrogens (tertiary/aromatic N) is 1. The first-order valence-electron chi connectivity index (χ1n) is 9.66. The van der Waals surface area contributed by atoms with Crippen molar-refractivity contribution in [1.82, 2.24) is 0 Å². The van der Waals surface area contributed by atoms with Gasteiger partial charge < -0.3 is 10.8 Å². The number of para-hydroxylation sites is 1. The van der Waals surface area contributed by atoms with Crippen molar-refractivity contribution in [2.24, 2.45) is 5.73 Å². The molecule has 0 unspecified atom stereocenters. The molecule has 4 rings (SSSR count). The van der Waals surface area contributed by atoms with Gasteiger partial charge >= 0.3 is 0 Å². The largest absolute Gasteiger partial charge is 0.389 e. The van der Waals surface area contributed by atoms with Crippen molar-refractivity contribution in [2.75, 3.05) is 11.4 Å². The highest BCUT2D eigenvalue weighted by atomic mass is 35.5. The fourth-order valence-electron chi connectivity index (χ4n) is 4.82. The number of carbonyl (C=O) groups excluding carboxylic acids is 1. The number of hydrogen-bond donors (Lipinski definition) is 2. The predicted octanol–water partition coefficient (Wildman–Crippen LogP) is 3.95. The van der Waals surface area contributed by atoms with E-state index in [2.05, 4.69) is 0 Å². The molecule has 2 aromatic carbocycles. The lowest BCUT2D eigenvalue weighted by atomic mass is 9.70. The molecule has 1 spiro atoms. The monoisotopic (exact) mass is 384 g/mol. The highest BCUT2D eigenvalue weighted by molar-refractivity contribution is 6.35. The summed E-state index contributed by atoms with van der Waals surface area (Å²) in [5, 5.41) is 11.3. The van der Waals surface area contributed by atoms with Crippen LogP contribution < -0.4 is 10.6 Å². The Kier molecular flexibility index (Phi) is 4.97. The van der Waals surface area contributed by atoms with Gasteiger partial charge in [0, 0.05) is 6.54 Å². The fraction of sp³-hybridized carbons (Fsp3) is 0.409. The van der Waals surface area contributed by atoms with Crippen molar-refractivity contribution in [1.29, 1.82) is 0 Å². The number of hydrogen-bond acceptors (Lipinski definition) is 3. The summed E-state index contributed by atoms with van der Waals surface area (Å²) >= 11 is 6.60. The number of anilines is 1. The number of fused-ring (bicyclic) bond motifs is 2. The number of carbonyl (C=O) groups is 1. The van der Waals surface area contributed by atoms with Crippen LogP contribution >= 0.6 is 11.6 Å². The van der Waals surface area contributed by atoms with E-state index >= 15 is 0 Å². The summed E-state index contributed by atoms with van der Waals surface area (Å²) in [6, 6.07) is 14.8. The molecule has 27 heavy (non-hydrogen) atoms. The molecule has 0 radical (unpaired) electrons. The maximum atomic E-state index is 13.8. The minimum atomic E-state index is -0.876. The third-order valence-corrected chi connectivity index (χ3v) is 6.41. The quantitative estimate of drug-likeness (QED) is 0.838. The van der Waals surface area contributed by atoms with Crippen LogP contribution in [0.1, 0.15) is 49.3 Å². The Bertz CT molecular complexity index is 833. The van der Waals surface area contributed by atoms with Gasteiger partial charge in [-0.05, 0) is 30.0 Å². The molecule has 1 saturated carbocycles. The molecule has 142 valence electrons. The molecule has 1 aliphatic heterocycles. The van der Waals surface area contributed by atoms with Crippen LogP contribution in [0.5, 0.6) is 0 Å². The maximum absolute atomic E-state index is 13.8. The zero-order valence-electron chi connectivity index (χ0n) is 15.3. The summed E-state index contributed by atoms with van der Waals surface area (Å²) in [7, 11) is 0. The Balaban J connectivity index is 1.90. The molecule has 4 nitrogen and oxygen atoms in total. The maximum Gasteiger partial charge on any atom is 0.238 e. The van der Waals surface area contributed by atoms with E-state index < -0.39 is 17.6 Å². The molecule has 1 amide bonds. The zero-order valence-corrected chi connectivity index (χ0v) is 16.0. The Hall–Kier alpha value is -1.88. The molecule has 2 aliphatic rings. The SMILES string of the molecule is NC[C@@H](O)[C@H](c1ccccc1)N1C(=O)C2(CCCCC2)c2cccc(Cl)c21. The molecular weight excluding hydrogens is 360 g/mol. The number of aliphatic hydroxyl groups excluding tert-OH is 1. The van der Waals surface area contributed by atoms with Crippen molar-refractivity contribution in [3.05, 3.63) is 64.7 Å². The van der Waals surface area contributed by atoms with Crippen LogP contribution in [0.15, 0.2) is 48.5 Å². The van der Waals surface area contributed by atoms with E-state index in [9.17, 15) is 9.90 Å². The van der Waals surface area contributed by atoms with Gasteiger partial charge in [0.25, 0.3) is 0 Å². The van der Waals surface area contributed by atoms with Crippen LogP contribution in [-0.4, -0.2) is 23.7 Å². The first kappa shape index (κ1) is 18.5. The van der Waals surface area contributed by atoms with Crippen LogP contribution in [-0.2, 0) is 10.2 Å². The van der Waals surface area contributed by atoms with Crippen LogP contribution in [0.4, 0.5) is 5.69 Å². The molecule has 2 aromatic rings. The molecule has 2 atom stereocenters. The van der Waals surface area contributed by atoms with Gasteiger partial charge in [0.15, 0.2) is 0 Å². The second-order valence-electron chi connectivity index (χ2n) is 7.61. The van der Waals surface area contributed by atoms with Crippen molar-refractivity contribution >= 4 is 23.2 Å². The highest BCUT2D eigenvalue weighted by Gasteiger charge is 2.54. The minimum absolute atomic E-state index is 0.0478. The van der Waals surface area contributed by atoms with Crippen LogP contribution in [0.3, 0.4) is 0 Å². The summed E-state index contributed by atoms with van der Waals surface area (Å²) in [6.07, 6.45) is 3.99. The van der Waals surface area contributed by atoms with Crippen LogP contribution in [0.25, 0.3) is 0 Å². The first-order valence-corrected chi connectivity index (χ1v) is 10.0. The van der Waals surface area contributed by atoms with E-state index in [1.165, 1.54) is 0 Å². The zero-order chi connectivity index (χ0) is 19.0. The smallest absolute Gasteiger partial charge is 0.238 e. The number of rotatable bonds is 4. The molecule has 1 heterocycles. The molecular formula is C22H25ClN2O2. The lowest BCUT2D eigenvalue weighted by molar-refractivity contribution is -0.125.